The van der Waals surface area contributed by atoms with Crippen LogP contribution in [0.4, 0.5) is 4.79 Å². The van der Waals surface area contributed by atoms with E-state index in [0.29, 0.717) is 0 Å². The molecule has 2 N–H and O–H groups in total. The summed E-state index contributed by atoms with van der Waals surface area (Å²) in [6.45, 7) is 8.09. The van der Waals surface area contributed by atoms with E-state index in [1.54, 1.807) is 0 Å². The maximum Gasteiger partial charge on any atom is 0.407 e. The van der Waals surface area contributed by atoms with Crippen molar-refractivity contribution in [1.29, 1.82) is 0 Å². The minimum atomic E-state index is -1.16. The Morgan fingerprint density at radius 2 is 1.96 bits per heavy atom. The van der Waals surface area contributed by atoms with Crippen LogP contribution < -0.4 is 10.0 Å². The van der Waals surface area contributed by atoms with Crippen molar-refractivity contribution in [3.05, 3.63) is 35.9 Å². The second-order valence-electron chi connectivity index (χ2n) is 7.30. The van der Waals surface area contributed by atoms with E-state index >= 15 is 0 Å². The zero-order chi connectivity index (χ0) is 17.8. The predicted octanol–water partition coefficient (Wildman–Crippen LogP) is 3.28. The van der Waals surface area contributed by atoms with Gasteiger partial charge in [-0.3, -0.25) is 0 Å². The Hall–Kier alpha value is -1.24. The highest BCUT2D eigenvalue weighted by Gasteiger charge is 2.52. The first-order valence-corrected chi connectivity index (χ1v) is 9.59. The lowest BCUT2D eigenvalue weighted by Crippen LogP contribution is -2.56. The molecule has 0 aromatic heterocycles. The first-order chi connectivity index (χ1) is 11.3. The van der Waals surface area contributed by atoms with Crippen molar-refractivity contribution in [3.63, 3.8) is 0 Å². The highest BCUT2D eigenvalue weighted by atomic mass is 32.2. The van der Waals surface area contributed by atoms with Crippen molar-refractivity contribution in [1.82, 2.24) is 10.0 Å². The van der Waals surface area contributed by atoms with Gasteiger partial charge in [0.25, 0.3) is 0 Å². The molecule has 0 radical (unpaired) electrons. The fourth-order valence-electron chi connectivity index (χ4n) is 2.55. The Balaban J connectivity index is 1.88. The number of hydrogen-bond donors (Lipinski definition) is 2. The molecule has 1 aromatic rings. The normalized spacial score (nSPS) is 18.5. The standard InChI is InChI=1S/C18H28N2O3S/c1-5-15(20-24(22)17(2,3)4)18(11-12-18)19-16(21)23-13-14-9-7-6-8-10-14/h6-10,15,20H,5,11-13H2,1-4H3,(H,19,21)/t15-,24?/m0/s1. The third kappa shape index (κ3) is 5.13. The van der Waals surface area contributed by atoms with Gasteiger partial charge < -0.3 is 14.6 Å². The molecule has 1 unspecified atom stereocenters. The lowest BCUT2D eigenvalue weighted by Gasteiger charge is -2.32. The number of rotatable bonds is 7. The van der Waals surface area contributed by atoms with Crippen LogP contribution in [0.25, 0.3) is 0 Å². The molecule has 5 nitrogen and oxygen atoms in total. The minimum Gasteiger partial charge on any atom is -0.598 e. The summed E-state index contributed by atoms with van der Waals surface area (Å²) in [7, 11) is 0. The highest BCUT2D eigenvalue weighted by Crippen LogP contribution is 2.40. The van der Waals surface area contributed by atoms with E-state index in [1.807, 2.05) is 58.0 Å². The largest absolute Gasteiger partial charge is 0.598 e. The molecule has 0 saturated heterocycles. The number of carbonyl (C=O) groups is 1. The topological polar surface area (TPSA) is 73.4 Å². The van der Waals surface area contributed by atoms with Gasteiger partial charge in [0.05, 0.1) is 11.6 Å². The third-order valence-corrected chi connectivity index (χ3v) is 5.84. The summed E-state index contributed by atoms with van der Waals surface area (Å²) < 4.78 is 20.5. The van der Waals surface area contributed by atoms with Gasteiger partial charge in [0.15, 0.2) is 0 Å². The van der Waals surface area contributed by atoms with Crippen LogP contribution in [0.5, 0.6) is 0 Å². The molecule has 1 aromatic carbocycles. The van der Waals surface area contributed by atoms with Crippen LogP contribution in [0, 0.1) is 0 Å². The zero-order valence-corrected chi connectivity index (χ0v) is 15.7. The molecule has 1 fully saturated rings. The first kappa shape index (κ1) is 19.1. The van der Waals surface area contributed by atoms with Crippen LogP contribution in [0.1, 0.15) is 52.5 Å². The number of amides is 1. The van der Waals surface area contributed by atoms with Crippen LogP contribution in [0.2, 0.25) is 0 Å². The average molecular weight is 353 g/mol. The summed E-state index contributed by atoms with van der Waals surface area (Å²) in [6, 6.07) is 9.57. The Morgan fingerprint density at radius 1 is 1.33 bits per heavy atom. The molecular formula is C18H28N2O3S. The number of alkyl carbamates (subject to hydrolysis) is 1. The Morgan fingerprint density at radius 3 is 2.46 bits per heavy atom. The molecule has 6 heteroatoms. The monoisotopic (exact) mass is 352 g/mol. The average Bonchev–Trinajstić information content (AvgIpc) is 3.30. The SMILES string of the molecule is CC[C@H](N[S+]([O-])C(C)(C)C)C1(NC(=O)OCc2ccccc2)CC1. The van der Waals surface area contributed by atoms with E-state index in [4.69, 9.17) is 4.74 Å². The maximum atomic E-state index is 12.4. The fraction of sp³-hybridized carbons (Fsp3) is 0.611. The number of carbonyl (C=O) groups excluding carboxylic acids is 1. The van der Waals surface area contributed by atoms with Gasteiger partial charge in [-0.05, 0) is 45.6 Å². The third-order valence-electron chi connectivity index (χ3n) is 4.23. The molecule has 2 atom stereocenters. The van der Waals surface area contributed by atoms with Gasteiger partial charge >= 0.3 is 6.09 Å². The Bertz CT molecular complexity index is 541. The van der Waals surface area contributed by atoms with Gasteiger partial charge in [-0.15, -0.1) is 4.72 Å². The molecule has 0 spiro atoms. The maximum absolute atomic E-state index is 12.4. The van der Waals surface area contributed by atoms with Crippen LogP contribution in [-0.4, -0.2) is 27.0 Å². The molecule has 0 bridgehead atoms. The lowest BCUT2D eigenvalue weighted by molar-refractivity contribution is 0.131. The first-order valence-electron chi connectivity index (χ1n) is 8.44. The summed E-state index contributed by atoms with van der Waals surface area (Å²) in [5.74, 6) is 0. The van der Waals surface area contributed by atoms with E-state index in [-0.39, 0.29) is 22.9 Å². The summed E-state index contributed by atoms with van der Waals surface area (Å²) in [5.41, 5.74) is 0.611. The molecule has 1 aliphatic rings. The molecule has 0 heterocycles. The van der Waals surface area contributed by atoms with Crippen molar-refractivity contribution in [2.75, 3.05) is 0 Å². The van der Waals surface area contributed by atoms with Crippen LogP contribution in [-0.2, 0) is 22.7 Å². The van der Waals surface area contributed by atoms with Crippen molar-refractivity contribution in [2.24, 2.45) is 0 Å². The number of hydrogen-bond acceptors (Lipinski definition) is 4. The van der Waals surface area contributed by atoms with Crippen molar-refractivity contribution in [3.8, 4) is 0 Å². The van der Waals surface area contributed by atoms with E-state index in [0.717, 1.165) is 24.8 Å². The molecule has 134 valence electrons. The number of benzene rings is 1. The summed E-state index contributed by atoms with van der Waals surface area (Å²) >= 11 is -1.16. The van der Waals surface area contributed by atoms with Crippen LogP contribution >= 0.6 is 0 Å². The summed E-state index contributed by atoms with van der Waals surface area (Å²) in [4.78, 5) is 12.1. The smallest absolute Gasteiger partial charge is 0.407 e. The van der Waals surface area contributed by atoms with Gasteiger partial charge in [0, 0.05) is 11.4 Å². The van der Waals surface area contributed by atoms with Gasteiger partial charge in [-0.25, -0.2) is 4.79 Å². The molecular weight excluding hydrogens is 324 g/mol. The minimum absolute atomic E-state index is 0.0261. The van der Waals surface area contributed by atoms with E-state index < -0.39 is 17.5 Å². The summed E-state index contributed by atoms with van der Waals surface area (Å²) in [5, 5.41) is 2.99. The molecule has 0 aliphatic heterocycles. The highest BCUT2D eigenvalue weighted by molar-refractivity contribution is 7.90. The number of ether oxygens (including phenoxy) is 1. The van der Waals surface area contributed by atoms with E-state index in [1.165, 1.54) is 0 Å². The quantitative estimate of drug-likeness (QED) is 0.739. The van der Waals surface area contributed by atoms with Crippen molar-refractivity contribution >= 4 is 17.5 Å². The van der Waals surface area contributed by atoms with Crippen LogP contribution in [0.3, 0.4) is 0 Å². The second kappa shape index (κ2) is 7.76. The molecule has 2 rings (SSSR count). The van der Waals surface area contributed by atoms with Crippen molar-refractivity contribution in [2.45, 2.75) is 69.9 Å². The van der Waals surface area contributed by atoms with Gasteiger partial charge in [-0.1, -0.05) is 37.3 Å². The van der Waals surface area contributed by atoms with Crippen LogP contribution in [0.15, 0.2) is 30.3 Å². The van der Waals surface area contributed by atoms with Crippen molar-refractivity contribution < 1.29 is 14.1 Å². The zero-order valence-electron chi connectivity index (χ0n) is 14.9. The van der Waals surface area contributed by atoms with Gasteiger partial charge in [-0.2, -0.15) is 0 Å². The second-order valence-corrected chi connectivity index (χ2v) is 9.30. The summed E-state index contributed by atoms with van der Waals surface area (Å²) in [6.07, 6.45) is 2.12. The van der Waals surface area contributed by atoms with E-state index in [9.17, 15) is 9.35 Å². The molecule has 1 amide bonds. The predicted molar refractivity (Wildman–Crippen MR) is 96.8 cm³/mol. The van der Waals surface area contributed by atoms with Gasteiger partial charge in [0.1, 0.15) is 11.4 Å². The molecule has 24 heavy (non-hydrogen) atoms. The Kier molecular flexibility index (Phi) is 6.17. The Labute approximate surface area is 147 Å². The fourth-order valence-corrected chi connectivity index (χ4v) is 3.55. The van der Waals surface area contributed by atoms with E-state index in [2.05, 4.69) is 10.0 Å². The number of nitrogens with one attached hydrogen (secondary N) is 2. The molecule has 1 saturated carbocycles. The van der Waals surface area contributed by atoms with Gasteiger partial charge in [0.2, 0.25) is 0 Å². The lowest BCUT2D eigenvalue weighted by atomic mass is 10.1. The molecule has 1 aliphatic carbocycles.